The first-order valence-electron chi connectivity index (χ1n) is 6.20. The molecule has 0 N–H and O–H groups in total. The second kappa shape index (κ2) is 6.03. The minimum absolute atomic E-state index is 0.485. The monoisotopic (exact) mass is 294 g/mol. The molecule has 4 atom stereocenters. The van der Waals surface area contributed by atoms with E-state index in [4.69, 9.17) is 0 Å². The van der Waals surface area contributed by atoms with Crippen molar-refractivity contribution in [1.82, 2.24) is 0 Å². The minimum Gasteiger partial charge on any atom is -0.158 e. The van der Waals surface area contributed by atoms with E-state index >= 15 is 0 Å². The molecule has 4 heteroatoms. The molecule has 2 rings (SSSR count). The average Bonchev–Trinajstić information content (AvgIpc) is 2.65. The molecular weight excluding hydrogens is 272 g/mol. The fraction of sp³-hybridized carbons (Fsp3) is 1.00. The summed E-state index contributed by atoms with van der Waals surface area (Å²) < 4.78 is 0.485. The molecule has 0 nitrogen and oxygen atoms in total. The summed E-state index contributed by atoms with van der Waals surface area (Å²) >= 11 is 8.90. The largest absolute Gasteiger partial charge is 0.158 e. The van der Waals surface area contributed by atoms with E-state index in [0.717, 1.165) is 16.4 Å². The maximum Gasteiger partial charge on any atom is 0.109 e. The SMILES string of the molecule is CC1CSC2(SCC(C)S2)C(C)CCCS1. The van der Waals surface area contributed by atoms with Gasteiger partial charge in [-0.3, -0.25) is 0 Å². The van der Waals surface area contributed by atoms with Crippen LogP contribution in [0.5, 0.6) is 0 Å². The molecule has 94 valence electrons. The molecule has 2 heterocycles. The summed E-state index contributed by atoms with van der Waals surface area (Å²) in [6, 6.07) is 0. The van der Waals surface area contributed by atoms with E-state index in [-0.39, 0.29) is 0 Å². The lowest BCUT2D eigenvalue weighted by atomic mass is 10.1. The molecule has 0 aliphatic carbocycles. The van der Waals surface area contributed by atoms with Crippen LogP contribution in [0.25, 0.3) is 0 Å². The van der Waals surface area contributed by atoms with Crippen molar-refractivity contribution in [3.05, 3.63) is 0 Å². The Morgan fingerprint density at radius 1 is 1.00 bits per heavy atom. The highest BCUT2D eigenvalue weighted by atomic mass is 32.3. The van der Waals surface area contributed by atoms with Crippen LogP contribution in [0.4, 0.5) is 0 Å². The standard InChI is InChI=1S/C12H22S4/c1-9-5-4-6-13-10(2)7-14-12(9)15-8-11(3)16-12/h9-11H,4-8H2,1-3H3. The predicted octanol–water partition coefficient (Wildman–Crippen LogP) is 4.79. The maximum atomic E-state index is 2.48. The third kappa shape index (κ3) is 3.24. The highest BCUT2D eigenvalue weighted by Crippen LogP contribution is 2.60. The Kier molecular flexibility index (Phi) is 5.21. The van der Waals surface area contributed by atoms with Gasteiger partial charge in [0.15, 0.2) is 0 Å². The normalized spacial score (nSPS) is 46.3. The van der Waals surface area contributed by atoms with Gasteiger partial charge in [-0.05, 0) is 24.5 Å². The molecule has 0 saturated carbocycles. The zero-order valence-electron chi connectivity index (χ0n) is 10.4. The molecular formula is C12H22S4. The Hall–Kier alpha value is 1.40. The Morgan fingerprint density at radius 2 is 1.69 bits per heavy atom. The van der Waals surface area contributed by atoms with Gasteiger partial charge in [-0.15, -0.1) is 35.3 Å². The smallest absolute Gasteiger partial charge is 0.109 e. The number of hydrogen-bond acceptors (Lipinski definition) is 4. The van der Waals surface area contributed by atoms with Crippen molar-refractivity contribution in [2.75, 3.05) is 17.3 Å². The fourth-order valence-electron chi connectivity index (χ4n) is 2.19. The predicted molar refractivity (Wildman–Crippen MR) is 85.0 cm³/mol. The van der Waals surface area contributed by atoms with Gasteiger partial charge in [0.2, 0.25) is 0 Å². The van der Waals surface area contributed by atoms with Crippen LogP contribution >= 0.6 is 47.0 Å². The molecule has 2 saturated heterocycles. The van der Waals surface area contributed by atoms with Crippen LogP contribution in [-0.2, 0) is 0 Å². The molecule has 16 heavy (non-hydrogen) atoms. The van der Waals surface area contributed by atoms with Crippen LogP contribution < -0.4 is 0 Å². The highest BCUT2D eigenvalue weighted by molar-refractivity contribution is 8.36. The van der Waals surface area contributed by atoms with Crippen molar-refractivity contribution < 1.29 is 0 Å². The second-order valence-corrected chi connectivity index (χ2v) is 11.4. The van der Waals surface area contributed by atoms with E-state index in [2.05, 4.69) is 67.8 Å². The molecule has 0 radical (unpaired) electrons. The number of hydrogen-bond donors (Lipinski definition) is 0. The summed E-state index contributed by atoms with van der Waals surface area (Å²) in [5, 5.41) is 1.69. The van der Waals surface area contributed by atoms with Crippen molar-refractivity contribution in [3.63, 3.8) is 0 Å². The molecule has 1 spiro atoms. The van der Waals surface area contributed by atoms with Gasteiger partial charge in [0.1, 0.15) is 3.41 Å². The Labute approximate surface area is 117 Å². The molecule has 2 aliphatic heterocycles. The molecule has 0 aromatic rings. The van der Waals surface area contributed by atoms with Gasteiger partial charge in [-0.1, -0.05) is 20.8 Å². The van der Waals surface area contributed by atoms with E-state index in [1.165, 1.54) is 30.1 Å². The Bertz CT molecular complexity index is 233. The molecule has 0 aromatic heterocycles. The second-order valence-electron chi connectivity index (χ2n) is 4.88. The molecule has 2 fully saturated rings. The van der Waals surface area contributed by atoms with Crippen molar-refractivity contribution >= 4 is 47.0 Å². The van der Waals surface area contributed by atoms with Crippen molar-refractivity contribution in [1.29, 1.82) is 0 Å². The van der Waals surface area contributed by atoms with Gasteiger partial charge >= 0.3 is 0 Å². The maximum absolute atomic E-state index is 2.48. The summed E-state index contributed by atoms with van der Waals surface area (Å²) in [7, 11) is 0. The molecule has 0 amide bonds. The Morgan fingerprint density at radius 3 is 2.31 bits per heavy atom. The van der Waals surface area contributed by atoms with E-state index in [9.17, 15) is 0 Å². The van der Waals surface area contributed by atoms with Crippen LogP contribution in [0.15, 0.2) is 0 Å². The fourth-order valence-corrected chi connectivity index (χ4v) is 9.32. The van der Waals surface area contributed by atoms with Gasteiger partial charge in [0.25, 0.3) is 0 Å². The van der Waals surface area contributed by atoms with Crippen molar-refractivity contribution in [2.45, 2.75) is 47.5 Å². The van der Waals surface area contributed by atoms with E-state index < -0.39 is 0 Å². The molecule has 2 aliphatic rings. The van der Waals surface area contributed by atoms with Gasteiger partial charge < -0.3 is 0 Å². The lowest BCUT2D eigenvalue weighted by molar-refractivity contribution is 0.554. The van der Waals surface area contributed by atoms with E-state index in [1.54, 1.807) is 0 Å². The van der Waals surface area contributed by atoms with Crippen molar-refractivity contribution in [3.8, 4) is 0 Å². The summed E-state index contributed by atoms with van der Waals surface area (Å²) in [6.07, 6.45) is 2.83. The van der Waals surface area contributed by atoms with Gasteiger partial charge in [-0.2, -0.15) is 11.8 Å². The van der Waals surface area contributed by atoms with Crippen LogP contribution in [0.1, 0.15) is 33.6 Å². The third-order valence-corrected chi connectivity index (χ3v) is 11.1. The first-order chi connectivity index (χ1) is 7.62. The molecule has 0 bridgehead atoms. The van der Waals surface area contributed by atoms with Crippen LogP contribution in [0, 0.1) is 5.92 Å². The van der Waals surface area contributed by atoms with E-state index in [0.29, 0.717) is 3.41 Å². The van der Waals surface area contributed by atoms with Crippen molar-refractivity contribution in [2.24, 2.45) is 5.92 Å². The first-order valence-corrected chi connectivity index (χ1v) is 10.1. The van der Waals surface area contributed by atoms with Crippen LogP contribution in [0.3, 0.4) is 0 Å². The van der Waals surface area contributed by atoms with Gasteiger partial charge in [-0.25, -0.2) is 0 Å². The number of thioether (sulfide) groups is 4. The quantitative estimate of drug-likeness (QED) is 0.629. The summed E-state index contributed by atoms with van der Waals surface area (Å²) in [5.41, 5.74) is 0. The summed E-state index contributed by atoms with van der Waals surface area (Å²) in [4.78, 5) is 0. The van der Waals surface area contributed by atoms with Gasteiger partial charge in [0, 0.05) is 22.0 Å². The Balaban J connectivity index is 2.06. The molecule has 0 aromatic carbocycles. The average molecular weight is 295 g/mol. The summed E-state index contributed by atoms with van der Waals surface area (Å²) in [6.45, 7) is 7.27. The van der Waals surface area contributed by atoms with E-state index in [1.807, 2.05) is 0 Å². The van der Waals surface area contributed by atoms with Crippen LogP contribution in [0.2, 0.25) is 0 Å². The lowest BCUT2D eigenvalue weighted by Gasteiger charge is -2.33. The van der Waals surface area contributed by atoms with Gasteiger partial charge in [0.05, 0.1) is 0 Å². The zero-order valence-corrected chi connectivity index (χ0v) is 13.7. The third-order valence-electron chi connectivity index (χ3n) is 3.19. The zero-order chi connectivity index (χ0) is 11.6. The highest BCUT2D eigenvalue weighted by Gasteiger charge is 2.44. The lowest BCUT2D eigenvalue weighted by Crippen LogP contribution is -2.24. The topological polar surface area (TPSA) is 0 Å². The van der Waals surface area contributed by atoms with Crippen LogP contribution in [-0.4, -0.2) is 31.2 Å². The summed E-state index contributed by atoms with van der Waals surface area (Å²) in [5.74, 6) is 4.92. The molecule has 4 unspecified atom stereocenters. The minimum atomic E-state index is 0.485. The first kappa shape index (κ1) is 13.8. The number of rotatable bonds is 0.